The Morgan fingerprint density at radius 3 is 2.62 bits per heavy atom. The Hall–Kier alpha value is -1.46. The van der Waals surface area contributed by atoms with Gasteiger partial charge in [-0.2, -0.15) is 0 Å². The molecule has 108 valence electrons. The average Bonchev–Trinajstić information content (AvgIpc) is 2.54. The highest BCUT2D eigenvalue weighted by atomic mass is 79.9. The summed E-state index contributed by atoms with van der Waals surface area (Å²) >= 11 is 3.44. The van der Waals surface area contributed by atoms with Crippen molar-refractivity contribution in [1.82, 2.24) is 14.9 Å². The van der Waals surface area contributed by atoms with E-state index in [1.807, 2.05) is 18.5 Å². The minimum atomic E-state index is 0.635. The molecule has 0 saturated carbocycles. The molecule has 2 atom stereocenters. The van der Waals surface area contributed by atoms with Gasteiger partial charge in [-0.25, -0.2) is 4.98 Å². The average molecular weight is 345 g/mol. The van der Waals surface area contributed by atoms with Crippen LogP contribution in [0.4, 0.5) is 5.82 Å². The van der Waals surface area contributed by atoms with E-state index in [-0.39, 0.29) is 0 Å². The van der Waals surface area contributed by atoms with Crippen LogP contribution in [0.5, 0.6) is 0 Å². The van der Waals surface area contributed by atoms with Crippen molar-refractivity contribution in [1.29, 1.82) is 0 Å². The number of piperidine rings is 1. The first-order valence-electron chi connectivity index (χ1n) is 7.32. The van der Waals surface area contributed by atoms with E-state index in [1.54, 1.807) is 0 Å². The van der Waals surface area contributed by atoms with Crippen LogP contribution in [0.3, 0.4) is 0 Å². The highest BCUT2D eigenvalue weighted by molar-refractivity contribution is 9.10. The molecule has 0 aromatic carbocycles. The first-order chi connectivity index (χ1) is 10.3. The van der Waals surface area contributed by atoms with Gasteiger partial charge in [-0.05, 0) is 46.6 Å². The summed E-state index contributed by atoms with van der Waals surface area (Å²) in [6.45, 7) is 3.10. The van der Waals surface area contributed by atoms with Crippen molar-refractivity contribution in [2.75, 3.05) is 18.0 Å². The molecule has 2 bridgehead atoms. The molecule has 0 aliphatic carbocycles. The zero-order chi connectivity index (χ0) is 14.2. The van der Waals surface area contributed by atoms with Gasteiger partial charge < -0.3 is 4.90 Å². The van der Waals surface area contributed by atoms with Gasteiger partial charge in [-0.15, -0.1) is 0 Å². The molecule has 4 nitrogen and oxygen atoms in total. The SMILES string of the molecule is Brc1ccc(N2CC3CC(C2)N3Cc2ccccn2)nc1. The fourth-order valence-electron chi connectivity index (χ4n) is 3.37. The summed E-state index contributed by atoms with van der Waals surface area (Å²) in [6.07, 6.45) is 5.06. The van der Waals surface area contributed by atoms with Gasteiger partial charge in [-0.1, -0.05) is 6.07 Å². The van der Waals surface area contributed by atoms with Crippen molar-refractivity contribution in [3.05, 3.63) is 52.9 Å². The summed E-state index contributed by atoms with van der Waals surface area (Å²) < 4.78 is 1.03. The second-order valence-electron chi connectivity index (χ2n) is 5.78. The Kier molecular flexibility index (Phi) is 3.39. The van der Waals surface area contributed by atoms with Crippen LogP contribution < -0.4 is 4.90 Å². The molecule has 0 spiro atoms. The predicted molar refractivity (Wildman–Crippen MR) is 86.1 cm³/mol. The molecular formula is C16H17BrN4. The highest BCUT2D eigenvalue weighted by Crippen LogP contribution is 2.35. The van der Waals surface area contributed by atoms with Gasteiger partial charge >= 0.3 is 0 Å². The maximum atomic E-state index is 4.51. The Morgan fingerprint density at radius 1 is 1.10 bits per heavy atom. The van der Waals surface area contributed by atoms with Crippen molar-refractivity contribution in [3.63, 3.8) is 0 Å². The van der Waals surface area contributed by atoms with Crippen molar-refractivity contribution in [3.8, 4) is 0 Å². The molecule has 3 aliphatic heterocycles. The zero-order valence-corrected chi connectivity index (χ0v) is 13.3. The van der Waals surface area contributed by atoms with Gasteiger partial charge in [0.1, 0.15) is 5.82 Å². The number of fused-ring (bicyclic) bond motifs is 2. The number of rotatable bonds is 3. The van der Waals surface area contributed by atoms with Crippen LogP contribution >= 0.6 is 15.9 Å². The molecule has 2 aromatic rings. The summed E-state index contributed by atoms with van der Waals surface area (Å²) in [5.74, 6) is 1.09. The van der Waals surface area contributed by atoms with Crippen LogP contribution in [0.2, 0.25) is 0 Å². The predicted octanol–water partition coefficient (Wildman–Crippen LogP) is 2.70. The zero-order valence-electron chi connectivity index (χ0n) is 11.7. The van der Waals surface area contributed by atoms with Crippen LogP contribution in [0.15, 0.2) is 47.2 Å². The normalized spacial score (nSPS) is 24.7. The maximum absolute atomic E-state index is 4.51. The lowest BCUT2D eigenvalue weighted by Crippen LogP contribution is -2.68. The number of hydrogen-bond donors (Lipinski definition) is 0. The summed E-state index contributed by atoms with van der Waals surface area (Å²) in [6, 6.07) is 11.6. The molecule has 5 rings (SSSR count). The molecule has 0 amide bonds. The molecule has 5 heteroatoms. The monoisotopic (exact) mass is 344 g/mol. The van der Waals surface area contributed by atoms with Crippen molar-refractivity contribution in [2.24, 2.45) is 0 Å². The van der Waals surface area contributed by atoms with Crippen molar-refractivity contribution < 1.29 is 0 Å². The van der Waals surface area contributed by atoms with Gasteiger partial charge in [-0.3, -0.25) is 9.88 Å². The Bertz CT molecular complexity index is 604. The third-order valence-corrected chi connectivity index (χ3v) is 4.92. The number of piperazine rings is 1. The van der Waals surface area contributed by atoms with E-state index in [1.165, 1.54) is 12.1 Å². The number of halogens is 1. The van der Waals surface area contributed by atoms with Crippen LogP contribution in [0, 0.1) is 0 Å². The van der Waals surface area contributed by atoms with Crippen LogP contribution in [0.1, 0.15) is 12.1 Å². The second-order valence-corrected chi connectivity index (χ2v) is 6.69. The summed E-state index contributed by atoms with van der Waals surface area (Å²) in [4.78, 5) is 13.9. The summed E-state index contributed by atoms with van der Waals surface area (Å²) in [5, 5.41) is 0. The Labute approximate surface area is 132 Å². The van der Waals surface area contributed by atoms with E-state index in [0.717, 1.165) is 29.9 Å². The molecule has 21 heavy (non-hydrogen) atoms. The smallest absolute Gasteiger partial charge is 0.128 e. The van der Waals surface area contributed by atoms with Crippen molar-refractivity contribution >= 4 is 21.7 Å². The molecule has 2 aromatic heterocycles. The quantitative estimate of drug-likeness (QED) is 0.856. The van der Waals surface area contributed by atoms with Crippen LogP contribution in [-0.4, -0.2) is 40.0 Å². The van der Waals surface area contributed by atoms with Gasteiger partial charge in [0.25, 0.3) is 0 Å². The van der Waals surface area contributed by atoms with Gasteiger partial charge in [0.15, 0.2) is 0 Å². The largest absolute Gasteiger partial charge is 0.353 e. The van der Waals surface area contributed by atoms with E-state index in [2.05, 4.69) is 60.0 Å². The van der Waals surface area contributed by atoms with E-state index in [9.17, 15) is 0 Å². The van der Waals surface area contributed by atoms with E-state index in [4.69, 9.17) is 0 Å². The number of hydrogen-bond acceptors (Lipinski definition) is 4. The lowest BCUT2D eigenvalue weighted by molar-refractivity contribution is -0.00968. The third-order valence-electron chi connectivity index (χ3n) is 4.45. The number of anilines is 1. The molecule has 5 heterocycles. The standard InChI is InChI=1S/C16H17BrN4/c17-12-4-5-16(19-8-12)20-10-14-7-15(11-20)21(14)9-13-3-1-2-6-18-13/h1-6,8,14-15H,7,9-11H2. The lowest BCUT2D eigenvalue weighted by atomic mass is 9.87. The molecule has 3 aliphatic rings. The van der Waals surface area contributed by atoms with Gasteiger partial charge in [0.2, 0.25) is 0 Å². The molecular weight excluding hydrogens is 328 g/mol. The number of aromatic nitrogens is 2. The van der Waals surface area contributed by atoms with Gasteiger partial charge in [0, 0.05) is 48.6 Å². The fourth-order valence-corrected chi connectivity index (χ4v) is 3.60. The maximum Gasteiger partial charge on any atom is 0.128 e. The van der Waals surface area contributed by atoms with Crippen LogP contribution in [0.25, 0.3) is 0 Å². The van der Waals surface area contributed by atoms with Crippen molar-refractivity contribution in [2.45, 2.75) is 25.0 Å². The molecule has 2 unspecified atom stereocenters. The van der Waals surface area contributed by atoms with Crippen LogP contribution in [-0.2, 0) is 6.54 Å². The molecule has 0 N–H and O–H groups in total. The Morgan fingerprint density at radius 2 is 1.95 bits per heavy atom. The number of nitrogens with zero attached hydrogens (tertiary/aromatic N) is 4. The topological polar surface area (TPSA) is 32.3 Å². The minimum Gasteiger partial charge on any atom is -0.353 e. The van der Waals surface area contributed by atoms with Gasteiger partial charge in [0.05, 0.1) is 5.69 Å². The first kappa shape index (κ1) is 13.2. The Balaban J connectivity index is 1.43. The summed E-state index contributed by atoms with van der Waals surface area (Å²) in [5.41, 5.74) is 1.17. The molecule has 0 radical (unpaired) electrons. The van der Waals surface area contributed by atoms with E-state index < -0.39 is 0 Å². The molecule has 3 fully saturated rings. The van der Waals surface area contributed by atoms with E-state index in [0.29, 0.717) is 12.1 Å². The second kappa shape index (κ2) is 5.39. The lowest BCUT2D eigenvalue weighted by Gasteiger charge is -2.56. The third kappa shape index (κ3) is 2.56. The first-order valence-corrected chi connectivity index (χ1v) is 8.11. The molecule has 3 saturated heterocycles. The highest BCUT2D eigenvalue weighted by Gasteiger charge is 2.44. The summed E-state index contributed by atoms with van der Waals surface area (Å²) in [7, 11) is 0. The minimum absolute atomic E-state index is 0.635. The number of pyridine rings is 2. The van der Waals surface area contributed by atoms with E-state index >= 15 is 0 Å². The fraction of sp³-hybridized carbons (Fsp3) is 0.375.